The van der Waals surface area contributed by atoms with Crippen molar-refractivity contribution in [3.8, 4) is 5.75 Å². The molecule has 1 aromatic rings. The molecule has 0 spiro atoms. The van der Waals surface area contributed by atoms with Crippen molar-refractivity contribution in [2.45, 2.75) is 52.6 Å². The molecule has 0 aliphatic heterocycles. The van der Waals surface area contributed by atoms with E-state index in [4.69, 9.17) is 4.74 Å². The molecule has 0 bridgehead atoms. The molecule has 122 valence electrons. The van der Waals surface area contributed by atoms with Crippen LogP contribution in [0.3, 0.4) is 0 Å². The lowest BCUT2D eigenvalue weighted by Gasteiger charge is -2.21. The van der Waals surface area contributed by atoms with Gasteiger partial charge in [0.15, 0.2) is 0 Å². The zero-order valence-electron chi connectivity index (χ0n) is 14.4. The molecule has 1 aromatic carbocycles. The van der Waals surface area contributed by atoms with Crippen molar-refractivity contribution in [2.24, 2.45) is 0 Å². The number of benzene rings is 1. The number of nitrogens with one attached hydrogen (secondary N) is 1. The second-order valence-corrected chi connectivity index (χ2v) is 7.28. The van der Waals surface area contributed by atoms with E-state index in [1.807, 2.05) is 39.0 Å². The van der Waals surface area contributed by atoms with Gasteiger partial charge in [0, 0.05) is 12.1 Å². The van der Waals surface area contributed by atoms with Gasteiger partial charge in [-0.3, -0.25) is 0 Å². The summed E-state index contributed by atoms with van der Waals surface area (Å²) in [6.45, 7) is 12.0. The molecule has 0 fully saturated rings. The molecule has 0 atom stereocenters. The minimum absolute atomic E-state index is 0.122. The first-order valence-electron chi connectivity index (χ1n) is 7.46. The largest absolute Gasteiger partial charge is 0.507 e. The van der Waals surface area contributed by atoms with Gasteiger partial charge in [-0.1, -0.05) is 51.1 Å². The van der Waals surface area contributed by atoms with Crippen molar-refractivity contribution in [3.05, 3.63) is 35.4 Å². The smallest absolute Gasteiger partial charge is 0.407 e. The fraction of sp³-hybridized carbons (Fsp3) is 0.500. The van der Waals surface area contributed by atoms with E-state index >= 15 is 0 Å². The van der Waals surface area contributed by atoms with E-state index in [2.05, 4.69) is 26.1 Å². The number of hydrogen-bond donors (Lipinski definition) is 2. The molecule has 0 unspecified atom stereocenters. The van der Waals surface area contributed by atoms with Gasteiger partial charge in [-0.05, 0) is 31.7 Å². The Balaban J connectivity index is 2.67. The van der Waals surface area contributed by atoms with Gasteiger partial charge in [0.25, 0.3) is 0 Å². The van der Waals surface area contributed by atoms with Crippen LogP contribution in [0.1, 0.15) is 52.7 Å². The molecule has 0 aliphatic rings. The van der Waals surface area contributed by atoms with Crippen molar-refractivity contribution >= 4 is 12.2 Å². The molecular weight excluding hydrogens is 278 g/mol. The molecule has 0 aliphatic carbocycles. The van der Waals surface area contributed by atoms with Crippen LogP contribution < -0.4 is 5.32 Å². The fourth-order valence-corrected chi connectivity index (χ4v) is 1.94. The highest BCUT2D eigenvalue weighted by Gasteiger charge is 2.19. The fourth-order valence-electron chi connectivity index (χ4n) is 1.94. The minimum atomic E-state index is -0.507. The van der Waals surface area contributed by atoms with Crippen LogP contribution in [0.25, 0.3) is 6.08 Å². The monoisotopic (exact) mass is 305 g/mol. The molecule has 22 heavy (non-hydrogen) atoms. The SMILES string of the molecule is CC(C)(C)OC(=O)NCC=Cc1cccc(C(C)(C)C)c1O. The molecule has 4 heteroatoms. The molecule has 2 N–H and O–H groups in total. The first-order chi connectivity index (χ1) is 10.0. The van der Waals surface area contributed by atoms with E-state index < -0.39 is 11.7 Å². The zero-order chi connectivity index (χ0) is 17.0. The Morgan fingerprint density at radius 1 is 1.23 bits per heavy atom. The Morgan fingerprint density at radius 3 is 2.41 bits per heavy atom. The first kappa shape index (κ1) is 18.1. The minimum Gasteiger partial charge on any atom is -0.507 e. The second kappa shape index (κ2) is 6.86. The number of amides is 1. The maximum absolute atomic E-state index is 11.5. The van der Waals surface area contributed by atoms with E-state index in [0.29, 0.717) is 6.54 Å². The Morgan fingerprint density at radius 2 is 1.86 bits per heavy atom. The van der Waals surface area contributed by atoms with Crippen molar-refractivity contribution in [3.63, 3.8) is 0 Å². The van der Waals surface area contributed by atoms with Crippen molar-refractivity contribution in [2.75, 3.05) is 6.54 Å². The van der Waals surface area contributed by atoms with Crippen LogP contribution in [0.15, 0.2) is 24.3 Å². The van der Waals surface area contributed by atoms with E-state index in [1.54, 1.807) is 12.2 Å². The Labute approximate surface area is 133 Å². The maximum atomic E-state index is 11.5. The van der Waals surface area contributed by atoms with E-state index in [9.17, 15) is 9.90 Å². The van der Waals surface area contributed by atoms with Gasteiger partial charge in [0.1, 0.15) is 11.4 Å². The summed E-state index contributed by atoms with van der Waals surface area (Å²) in [6.07, 6.45) is 3.12. The van der Waals surface area contributed by atoms with Crippen LogP contribution in [-0.2, 0) is 10.2 Å². The van der Waals surface area contributed by atoms with Gasteiger partial charge < -0.3 is 15.2 Å². The van der Waals surface area contributed by atoms with Gasteiger partial charge in [-0.2, -0.15) is 0 Å². The number of aromatic hydroxyl groups is 1. The number of phenolic OH excluding ortho intramolecular Hbond substituents is 1. The molecule has 0 saturated carbocycles. The lowest BCUT2D eigenvalue weighted by molar-refractivity contribution is 0.0534. The number of carbonyl (C=O) groups is 1. The van der Waals surface area contributed by atoms with Crippen LogP contribution in [-0.4, -0.2) is 23.3 Å². The average Bonchev–Trinajstić information content (AvgIpc) is 2.32. The molecule has 4 nitrogen and oxygen atoms in total. The maximum Gasteiger partial charge on any atom is 0.407 e. The summed E-state index contributed by atoms with van der Waals surface area (Å²) >= 11 is 0. The topological polar surface area (TPSA) is 58.6 Å². The molecular formula is C18H27NO3. The number of para-hydroxylation sites is 1. The molecule has 1 rings (SSSR count). The summed E-state index contributed by atoms with van der Waals surface area (Å²) in [7, 11) is 0. The average molecular weight is 305 g/mol. The summed E-state index contributed by atoms with van der Waals surface area (Å²) in [5.41, 5.74) is 1.00. The highest BCUT2D eigenvalue weighted by molar-refractivity contribution is 5.68. The van der Waals surface area contributed by atoms with Gasteiger partial charge in [-0.15, -0.1) is 0 Å². The molecule has 0 heterocycles. The van der Waals surface area contributed by atoms with Gasteiger partial charge >= 0.3 is 6.09 Å². The lowest BCUT2D eigenvalue weighted by atomic mass is 9.85. The molecule has 0 aromatic heterocycles. The zero-order valence-corrected chi connectivity index (χ0v) is 14.4. The number of alkyl carbamates (subject to hydrolysis) is 1. The van der Waals surface area contributed by atoms with Crippen molar-refractivity contribution < 1.29 is 14.6 Å². The van der Waals surface area contributed by atoms with Gasteiger partial charge in [0.2, 0.25) is 0 Å². The predicted molar refractivity (Wildman–Crippen MR) is 90.1 cm³/mol. The second-order valence-electron chi connectivity index (χ2n) is 7.28. The number of phenols is 1. The Hall–Kier alpha value is -1.97. The van der Waals surface area contributed by atoms with Crippen LogP contribution >= 0.6 is 0 Å². The number of hydrogen-bond acceptors (Lipinski definition) is 3. The normalized spacial score (nSPS) is 12.5. The summed E-state index contributed by atoms with van der Waals surface area (Å²) in [5.74, 6) is 0.281. The third-order valence-electron chi connectivity index (χ3n) is 2.94. The highest BCUT2D eigenvalue weighted by atomic mass is 16.6. The van der Waals surface area contributed by atoms with Crippen LogP contribution in [0.4, 0.5) is 4.79 Å². The summed E-state index contributed by atoms with van der Waals surface area (Å²) < 4.78 is 5.14. The van der Waals surface area contributed by atoms with Crippen molar-refractivity contribution in [1.82, 2.24) is 5.32 Å². The van der Waals surface area contributed by atoms with Gasteiger partial charge in [0.05, 0.1) is 0 Å². The number of ether oxygens (including phenoxy) is 1. The van der Waals surface area contributed by atoms with Crippen LogP contribution in [0.5, 0.6) is 5.75 Å². The number of rotatable bonds is 3. The number of carbonyl (C=O) groups excluding carboxylic acids is 1. The summed E-state index contributed by atoms with van der Waals surface area (Å²) in [6, 6.07) is 5.68. The summed E-state index contributed by atoms with van der Waals surface area (Å²) in [4.78, 5) is 11.5. The van der Waals surface area contributed by atoms with Crippen LogP contribution in [0, 0.1) is 0 Å². The van der Waals surface area contributed by atoms with Gasteiger partial charge in [-0.25, -0.2) is 4.79 Å². The highest BCUT2D eigenvalue weighted by Crippen LogP contribution is 2.33. The van der Waals surface area contributed by atoms with E-state index in [-0.39, 0.29) is 11.2 Å². The molecule has 1 amide bonds. The van der Waals surface area contributed by atoms with E-state index in [0.717, 1.165) is 11.1 Å². The van der Waals surface area contributed by atoms with E-state index in [1.165, 1.54) is 0 Å². The summed E-state index contributed by atoms with van der Waals surface area (Å²) in [5, 5.41) is 13.0. The van der Waals surface area contributed by atoms with Crippen LogP contribution in [0.2, 0.25) is 0 Å². The molecule has 0 radical (unpaired) electrons. The first-order valence-corrected chi connectivity index (χ1v) is 7.46. The predicted octanol–water partition coefficient (Wildman–Crippen LogP) is 4.23. The Kier molecular flexibility index (Phi) is 5.64. The Bertz CT molecular complexity index is 548. The third kappa shape index (κ3) is 5.80. The quantitative estimate of drug-likeness (QED) is 0.878. The third-order valence-corrected chi connectivity index (χ3v) is 2.94. The molecule has 0 saturated heterocycles. The standard InChI is InChI=1S/C18H27NO3/c1-17(2,3)14-11-7-9-13(15(14)20)10-8-12-19-16(21)22-18(4,5)6/h7-11,20H,12H2,1-6H3,(H,19,21). The lowest BCUT2D eigenvalue weighted by Crippen LogP contribution is -2.32. The van der Waals surface area contributed by atoms with Crippen molar-refractivity contribution in [1.29, 1.82) is 0 Å².